The normalized spacial score (nSPS) is 19.1. The molecule has 0 bridgehead atoms. The minimum absolute atomic E-state index is 0.172. The van der Waals surface area contributed by atoms with Crippen LogP contribution in [0.1, 0.15) is 28.8 Å². The van der Waals surface area contributed by atoms with Gasteiger partial charge in [-0.2, -0.15) is 5.10 Å². The van der Waals surface area contributed by atoms with E-state index in [0.717, 1.165) is 24.6 Å². The van der Waals surface area contributed by atoms with Crippen LogP contribution in [0.3, 0.4) is 0 Å². The molecule has 0 saturated carbocycles. The first-order chi connectivity index (χ1) is 8.25. The minimum atomic E-state index is 0.172. The molecule has 3 rings (SSSR count). The van der Waals surface area contributed by atoms with E-state index in [9.17, 15) is 0 Å². The molecule has 2 heterocycles. The zero-order valence-electron chi connectivity index (χ0n) is 10.1. The molecule has 1 unspecified atom stereocenters. The molecule has 1 aromatic heterocycles. The first-order valence-electron chi connectivity index (χ1n) is 5.94. The highest BCUT2D eigenvalue weighted by Crippen LogP contribution is 2.27. The quantitative estimate of drug-likeness (QED) is 0.801. The molecule has 0 radical (unpaired) electrons. The molecular weight excluding hydrogens is 212 g/mol. The van der Waals surface area contributed by atoms with Gasteiger partial charge in [-0.1, -0.05) is 24.3 Å². The third-order valence-electron chi connectivity index (χ3n) is 3.27. The lowest BCUT2D eigenvalue weighted by atomic mass is 9.94. The molecule has 1 aliphatic rings. The lowest BCUT2D eigenvalue weighted by molar-refractivity contribution is 0.519. The zero-order chi connectivity index (χ0) is 11.8. The minimum Gasteiger partial charge on any atom is -0.303 e. The van der Waals surface area contributed by atoms with E-state index in [1.807, 2.05) is 18.7 Å². The monoisotopic (exact) mass is 228 g/mol. The summed E-state index contributed by atoms with van der Waals surface area (Å²) in [5.74, 6) is 1.82. The van der Waals surface area contributed by atoms with Gasteiger partial charge in [-0.15, -0.1) is 0 Å². The van der Waals surface area contributed by atoms with E-state index in [-0.39, 0.29) is 6.04 Å². The largest absolute Gasteiger partial charge is 0.303 e. The lowest BCUT2D eigenvalue weighted by Crippen LogP contribution is -2.32. The zero-order valence-corrected chi connectivity index (χ0v) is 10.1. The summed E-state index contributed by atoms with van der Waals surface area (Å²) >= 11 is 0. The summed E-state index contributed by atoms with van der Waals surface area (Å²) in [6, 6.07) is 8.74. The fourth-order valence-corrected chi connectivity index (χ4v) is 2.52. The molecule has 0 amide bonds. The molecular formula is C13H16N4. The van der Waals surface area contributed by atoms with Crippen molar-refractivity contribution >= 4 is 0 Å². The van der Waals surface area contributed by atoms with E-state index in [4.69, 9.17) is 0 Å². The maximum Gasteiger partial charge on any atom is 0.148 e. The van der Waals surface area contributed by atoms with Gasteiger partial charge in [-0.3, -0.25) is 4.68 Å². The third kappa shape index (κ3) is 1.74. The van der Waals surface area contributed by atoms with Gasteiger partial charge >= 0.3 is 0 Å². The molecule has 4 heteroatoms. The van der Waals surface area contributed by atoms with Crippen molar-refractivity contribution in [2.45, 2.75) is 19.4 Å². The highest BCUT2D eigenvalue weighted by Gasteiger charge is 2.24. The summed E-state index contributed by atoms with van der Waals surface area (Å²) in [7, 11) is 1.95. The molecule has 0 spiro atoms. The first-order valence-corrected chi connectivity index (χ1v) is 5.94. The van der Waals surface area contributed by atoms with E-state index >= 15 is 0 Å². The topological polar surface area (TPSA) is 42.7 Å². The molecule has 88 valence electrons. The van der Waals surface area contributed by atoms with Crippen LogP contribution >= 0.6 is 0 Å². The second kappa shape index (κ2) is 3.96. The molecule has 0 fully saturated rings. The molecule has 0 saturated heterocycles. The van der Waals surface area contributed by atoms with Crippen molar-refractivity contribution in [2.24, 2.45) is 7.05 Å². The molecule has 4 nitrogen and oxygen atoms in total. The number of nitrogens with zero attached hydrogens (tertiary/aromatic N) is 3. The highest BCUT2D eigenvalue weighted by molar-refractivity contribution is 5.35. The Balaban J connectivity index is 2.09. The van der Waals surface area contributed by atoms with Crippen molar-refractivity contribution in [1.29, 1.82) is 0 Å². The summed E-state index contributed by atoms with van der Waals surface area (Å²) < 4.78 is 1.87. The van der Waals surface area contributed by atoms with E-state index in [0.29, 0.717) is 0 Å². The predicted molar refractivity (Wildman–Crippen MR) is 65.7 cm³/mol. The Morgan fingerprint density at radius 3 is 2.94 bits per heavy atom. The summed E-state index contributed by atoms with van der Waals surface area (Å²) in [4.78, 5) is 4.52. The van der Waals surface area contributed by atoms with Crippen LogP contribution in [0, 0.1) is 6.92 Å². The SMILES string of the molecule is Cc1nc(C2NCCc3ccccc32)n(C)n1. The molecule has 1 atom stereocenters. The first kappa shape index (κ1) is 10.5. The summed E-state index contributed by atoms with van der Waals surface area (Å²) in [5, 5.41) is 7.85. The number of benzene rings is 1. The second-order valence-electron chi connectivity index (χ2n) is 4.48. The summed E-state index contributed by atoms with van der Waals surface area (Å²) in [6.45, 7) is 2.92. The summed E-state index contributed by atoms with van der Waals surface area (Å²) in [5.41, 5.74) is 2.74. The number of aromatic nitrogens is 3. The predicted octanol–water partition coefficient (Wildman–Crippen LogP) is 1.36. The fourth-order valence-electron chi connectivity index (χ4n) is 2.52. The van der Waals surface area contributed by atoms with Gasteiger partial charge in [0.05, 0.1) is 6.04 Å². The van der Waals surface area contributed by atoms with Crippen LogP contribution in [0.2, 0.25) is 0 Å². The number of aryl methyl sites for hydroxylation is 2. The average Bonchev–Trinajstić information content (AvgIpc) is 2.68. The van der Waals surface area contributed by atoms with E-state index in [1.54, 1.807) is 0 Å². The Labute approximate surface area is 101 Å². The van der Waals surface area contributed by atoms with Gasteiger partial charge in [0, 0.05) is 13.6 Å². The lowest BCUT2D eigenvalue weighted by Gasteiger charge is -2.25. The number of nitrogens with one attached hydrogen (secondary N) is 1. The standard InChI is InChI=1S/C13H16N4/c1-9-15-13(17(2)16-9)12-11-6-4-3-5-10(11)7-8-14-12/h3-6,12,14H,7-8H2,1-2H3. The highest BCUT2D eigenvalue weighted by atomic mass is 15.3. The van der Waals surface area contributed by atoms with E-state index in [1.165, 1.54) is 11.1 Å². The maximum atomic E-state index is 4.52. The molecule has 1 aliphatic heterocycles. The Morgan fingerprint density at radius 2 is 2.18 bits per heavy atom. The third-order valence-corrected chi connectivity index (χ3v) is 3.27. The Bertz CT molecular complexity index is 544. The van der Waals surface area contributed by atoms with Crippen molar-refractivity contribution in [3.8, 4) is 0 Å². The van der Waals surface area contributed by atoms with Crippen molar-refractivity contribution in [3.05, 3.63) is 47.0 Å². The van der Waals surface area contributed by atoms with Crippen LogP contribution in [0.5, 0.6) is 0 Å². The van der Waals surface area contributed by atoms with Gasteiger partial charge in [0.25, 0.3) is 0 Å². The smallest absolute Gasteiger partial charge is 0.148 e. The van der Waals surface area contributed by atoms with Crippen LogP contribution in [-0.2, 0) is 13.5 Å². The van der Waals surface area contributed by atoms with Crippen LogP contribution in [0.4, 0.5) is 0 Å². The van der Waals surface area contributed by atoms with Crippen LogP contribution in [0.15, 0.2) is 24.3 Å². The maximum absolute atomic E-state index is 4.52. The van der Waals surface area contributed by atoms with Gasteiger partial charge in [-0.25, -0.2) is 4.98 Å². The van der Waals surface area contributed by atoms with Gasteiger partial charge in [-0.05, 0) is 24.5 Å². The second-order valence-corrected chi connectivity index (χ2v) is 4.48. The molecule has 17 heavy (non-hydrogen) atoms. The van der Waals surface area contributed by atoms with Gasteiger partial charge in [0.2, 0.25) is 0 Å². The Kier molecular flexibility index (Phi) is 2.44. The van der Waals surface area contributed by atoms with Gasteiger partial charge < -0.3 is 5.32 Å². The number of fused-ring (bicyclic) bond motifs is 1. The van der Waals surface area contributed by atoms with Gasteiger partial charge in [0.15, 0.2) is 0 Å². The van der Waals surface area contributed by atoms with Crippen LogP contribution in [-0.4, -0.2) is 21.3 Å². The van der Waals surface area contributed by atoms with E-state index in [2.05, 4.69) is 39.7 Å². The molecule has 1 N–H and O–H groups in total. The van der Waals surface area contributed by atoms with Crippen molar-refractivity contribution in [1.82, 2.24) is 20.1 Å². The molecule has 2 aromatic rings. The van der Waals surface area contributed by atoms with Crippen LogP contribution in [0.25, 0.3) is 0 Å². The number of hydrogen-bond acceptors (Lipinski definition) is 3. The number of rotatable bonds is 1. The van der Waals surface area contributed by atoms with Gasteiger partial charge in [0.1, 0.15) is 11.6 Å². The van der Waals surface area contributed by atoms with Crippen LogP contribution < -0.4 is 5.32 Å². The van der Waals surface area contributed by atoms with Crippen molar-refractivity contribution in [2.75, 3.05) is 6.54 Å². The van der Waals surface area contributed by atoms with Crippen molar-refractivity contribution in [3.63, 3.8) is 0 Å². The fraction of sp³-hybridized carbons (Fsp3) is 0.385. The molecule has 0 aliphatic carbocycles. The van der Waals surface area contributed by atoms with Crippen molar-refractivity contribution < 1.29 is 0 Å². The average molecular weight is 228 g/mol. The number of hydrogen-bond donors (Lipinski definition) is 1. The summed E-state index contributed by atoms with van der Waals surface area (Å²) in [6.07, 6.45) is 1.09. The molecule has 1 aromatic carbocycles. The van der Waals surface area contributed by atoms with E-state index < -0.39 is 0 Å². The Morgan fingerprint density at radius 1 is 1.35 bits per heavy atom. The Hall–Kier alpha value is -1.68.